The molecule has 5 heteroatoms. The molecule has 1 unspecified atom stereocenters. The third-order valence-corrected chi connectivity index (χ3v) is 4.65. The lowest BCUT2D eigenvalue weighted by molar-refractivity contribution is 0.390. The highest BCUT2D eigenvalue weighted by Gasteiger charge is 2.27. The molecule has 26 heavy (non-hydrogen) atoms. The van der Waals surface area contributed by atoms with Gasteiger partial charge in [-0.05, 0) is 56.8 Å². The Labute approximate surface area is 161 Å². The first-order valence-electron chi connectivity index (χ1n) is 8.82. The maximum absolute atomic E-state index is 8.71. The van der Waals surface area contributed by atoms with Gasteiger partial charge < -0.3 is 15.0 Å². The van der Waals surface area contributed by atoms with E-state index in [1.54, 1.807) is 7.11 Å². The number of hydrogen-bond donors (Lipinski definition) is 2. The molecule has 2 aromatic carbocycles. The molecule has 0 fully saturated rings. The number of hydrogen-bond acceptors (Lipinski definition) is 3. The summed E-state index contributed by atoms with van der Waals surface area (Å²) < 4.78 is 5.37. The van der Waals surface area contributed by atoms with E-state index in [-0.39, 0.29) is 12.0 Å². The van der Waals surface area contributed by atoms with E-state index in [0.29, 0.717) is 5.05 Å². The molecule has 0 aliphatic heterocycles. The normalized spacial score (nSPS) is 11.5. The zero-order chi connectivity index (χ0) is 19.1. The second kappa shape index (κ2) is 9.34. The lowest BCUT2D eigenvalue weighted by Crippen LogP contribution is -2.47. The van der Waals surface area contributed by atoms with Crippen molar-refractivity contribution >= 4 is 34.6 Å². The highest BCUT2D eigenvalue weighted by atomic mass is 32.1. The molecule has 4 nitrogen and oxygen atoms in total. The molecule has 0 aliphatic carbocycles. The standard InChI is InChI=1S/C21H27N3OS/c1-5-6-19(20(26)25-4)24(18-13-9-16(3)10-14-18)21(22)23-17-11-7-15(2)8-12-17/h7-14,19H,5-6H2,1-4H3,(H2,22,23). The monoisotopic (exact) mass is 369 g/mol. The molecule has 138 valence electrons. The summed E-state index contributed by atoms with van der Waals surface area (Å²) in [5.74, 6) is 0.274. The average molecular weight is 370 g/mol. The van der Waals surface area contributed by atoms with Crippen LogP contribution in [0.2, 0.25) is 0 Å². The summed E-state index contributed by atoms with van der Waals surface area (Å²) >= 11 is 5.46. The maximum Gasteiger partial charge on any atom is 0.200 e. The Morgan fingerprint density at radius 1 is 1.08 bits per heavy atom. The molecule has 0 bridgehead atoms. The van der Waals surface area contributed by atoms with Gasteiger partial charge in [-0.1, -0.05) is 48.7 Å². The van der Waals surface area contributed by atoms with Crippen LogP contribution in [0.4, 0.5) is 11.4 Å². The van der Waals surface area contributed by atoms with Crippen LogP contribution in [0.25, 0.3) is 0 Å². The number of ether oxygens (including phenoxy) is 1. The van der Waals surface area contributed by atoms with Crippen LogP contribution in [0.5, 0.6) is 0 Å². The van der Waals surface area contributed by atoms with Gasteiger partial charge in [0, 0.05) is 11.4 Å². The van der Waals surface area contributed by atoms with Gasteiger partial charge in [-0.2, -0.15) is 0 Å². The van der Waals surface area contributed by atoms with Crippen molar-refractivity contribution in [2.24, 2.45) is 0 Å². The number of benzene rings is 2. The molecule has 2 rings (SSSR count). The number of thiocarbonyl (C=S) groups is 1. The topological polar surface area (TPSA) is 48.4 Å². The fraction of sp³-hybridized carbons (Fsp3) is 0.333. The largest absolute Gasteiger partial charge is 0.488 e. The van der Waals surface area contributed by atoms with Crippen molar-refractivity contribution in [3.8, 4) is 0 Å². The van der Waals surface area contributed by atoms with Gasteiger partial charge in [-0.25, -0.2) is 0 Å². The molecular weight excluding hydrogens is 342 g/mol. The van der Waals surface area contributed by atoms with E-state index in [0.717, 1.165) is 24.2 Å². The highest BCUT2D eigenvalue weighted by Crippen LogP contribution is 2.23. The van der Waals surface area contributed by atoms with Crippen LogP contribution in [0.15, 0.2) is 48.5 Å². The van der Waals surface area contributed by atoms with Crippen LogP contribution in [0.3, 0.4) is 0 Å². The van der Waals surface area contributed by atoms with Gasteiger partial charge in [-0.3, -0.25) is 5.41 Å². The first kappa shape index (κ1) is 19.9. The molecule has 2 N–H and O–H groups in total. The van der Waals surface area contributed by atoms with E-state index >= 15 is 0 Å². The van der Waals surface area contributed by atoms with Gasteiger partial charge in [0.25, 0.3) is 0 Å². The van der Waals surface area contributed by atoms with Crippen LogP contribution in [-0.2, 0) is 4.74 Å². The second-order valence-corrected chi connectivity index (χ2v) is 6.78. The molecule has 0 saturated heterocycles. The molecule has 0 heterocycles. The molecule has 0 saturated carbocycles. The Kier molecular flexibility index (Phi) is 7.16. The van der Waals surface area contributed by atoms with E-state index in [9.17, 15) is 0 Å². The summed E-state index contributed by atoms with van der Waals surface area (Å²) in [6.07, 6.45) is 1.74. The van der Waals surface area contributed by atoms with Crippen LogP contribution in [0, 0.1) is 19.3 Å². The van der Waals surface area contributed by atoms with Crippen molar-refractivity contribution in [3.05, 3.63) is 59.7 Å². The quantitative estimate of drug-likeness (QED) is 0.412. The van der Waals surface area contributed by atoms with Crippen molar-refractivity contribution in [2.75, 3.05) is 17.3 Å². The van der Waals surface area contributed by atoms with Crippen molar-refractivity contribution in [1.29, 1.82) is 5.41 Å². The number of aryl methyl sites for hydroxylation is 2. The second-order valence-electron chi connectivity index (χ2n) is 6.37. The van der Waals surface area contributed by atoms with Crippen LogP contribution in [0.1, 0.15) is 30.9 Å². The third-order valence-electron chi connectivity index (χ3n) is 4.21. The van der Waals surface area contributed by atoms with Crippen molar-refractivity contribution in [2.45, 2.75) is 39.7 Å². The molecule has 0 aromatic heterocycles. The summed E-state index contributed by atoms with van der Waals surface area (Å²) in [6.45, 7) is 6.20. The first-order chi connectivity index (χ1) is 12.5. The predicted molar refractivity (Wildman–Crippen MR) is 114 cm³/mol. The summed E-state index contributed by atoms with van der Waals surface area (Å²) in [4.78, 5) is 1.91. The number of guanidine groups is 1. The maximum atomic E-state index is 8.71. The Bertz CT molecular complexity index is 741. The molecule has 1 atom stereocenters. The number of methoxy groups -OCH3 is 1. The predicted octanol–water partition coefficient (Wildman–Crippen LogP) is 5.30. The smallest absolute Gasteiger partial charge is 0.200 e. The Morgan fingerprint density at radius 3 is 2.12 bits per heavy atom. The number of nitrogens with one attached hydrogen (secondary N) is 2. The molecular formula is C21H27N3OS. The molecule has 0 radical (unpaired) electrons. The number of anilines is 2. The zero-order valence-electron chi connectivity index (χ0n) is 15.9. The fourth-order valence-electron chi connectivity index (χ4n) is 2.77. The van der Waals surface area contributed by atoms with E-state index in [4.69, 9.17) is 22.4 Å². The lowest BCUT2D eigenvalue weighted by Gasteiger charge is -2.33. The molecule has 0 amide bonds. The molecule has 0 spiro atoms. The van der Waals surface area contributed by atoms with Crippen molar-refractivity contribution in [3.63, 3.8) is 0 Å². The van der Waals surface area contributed by atoms with E-state index in [1.807, 2.05) is 67.3 Å². The third kappa shape index (κ3) is 5.05. The van der Waals surface area contributed by atoms with Crippen molar-refractivity contribution in [1.82, 2.24) is 0 Å². The van der Waals surface area contributed by atoms with E-state index < -0.39 is 0 Å². The number of rotatable bonds is 6. The zero-order valence-corrected chi connectivity index (χ0v) is 16.7. The lowest BCUT2D eigenvalue weighted by atomic mass is 10.1. The summed E-state index contributed by atoms with van der Waals surface area (Å²) in [5, 5.41) is 12.4. The minimum absolute atomic E-state index is 0.187. The van der Waals surface area contributed by atoms with Gasteiger partial charge in [0.1, 0.15) is 6.04 Å². The van der Waals surface area contributed by atoms with Crippen LogP contribution < -0.4 is 10.2 Å². The minimum Gasteiger partial charge on any atom is -0.488 e. The van der Waals surface area contributed by atoms with Gasteiger partial charge in [0.15, 0.2) is 5.05 Å². The van der Waals surface area contributed by atoms with Crippen molar-refractivity contribution < 1.29 is 4.74 Å². The summed E-state index contributed by atoms with van der Waals surface area (Å²) in [6, 6.07) is 15.9. The minimum atomic E-state index is -0.187. The Balaban J connectivity index is 2.37. The summed E-state index contributed by atoms with van der Waals surface area (Å²) in [5.41, 5.74) is 4.14. The van der Waals surface area contributed by atoms with Crippen LogP contribution in [-0.4, -0.2) is 24.2 Å². The van der Waals surface area contributed by atoms with E-state index in [2.05, 4.69) is 12.2 Å². The van der Waals surface area contributed by atoms with Gasteiger partial charge in [0.2, 0.25) is 5.96 Å². The Hall–Kier alpha value is -2.40. The first-order valence-corrected chi connectivity index (χ1v) is 9.23. The average Bonchev–Trinajstić information content (AvgIpc) is 2.64. The van der Waals surface area contributed by atoms with E-state index in [1.165, 1.54) is 11.1 Å². The Morgan fingerprint density at radius 2 is 1.62 bits per heavy atom. The highest BCUT2D eigenvalue weighted by molar-refractivity contribution is 7.80. The molecule has 2 aromatic rings. The van der Waals surface area contributed by atoms with Gasteiger partial charge in [0.05, 0.1) is 7.11 Å². The SMILES string of the molecule is CCCC(C(=S)OC)N(C(=N)Nc1ccc(C)cc1)c1ccc(C)cc1. The van der Waals surface area contributed by atoms with Gasteiger partial charge >= 0.3 is 0 Å². The number of nitrogens with zero attached hydrogens (tertiary/aromatic N) is 1. The van der Waals surface area contributed by atoms with Crippen LogP contribution >= 0.6 is 12.2 Å². The van der Waals surface area contributed by atoms with Gasteiger partial charge in [-0.15, -0.1) is 0 Å². The fourth-order valence-corrected chi connectivity index (χ4v) is 2.99. The summed E-state index contributed by atoms with van der Waals surface area (Å²) in [7, 11) is 1.59. The molecule has 0 aliphatic rings.